The molecule has 8 heteroatoms. The summed E-state index contributed by atoms with van der Waals surface area (Å²) in [5.41, 5.74) is 4.39. The Bertz CT molecular complexity index is 545. The summed E-state index contributed by atoms with van der Waals surface area (Å²) in [4.78, 5) is -0.103. The predicted molar refractivity (Wildman–Crippen MR) is 73.1 cm³/mol. The van der Waals surface area contributed by atoms with Crippen molar-refractivity contribution in [3.63, 3.8) is 0 Å². The Morgan fingerprint density at radius 2 is 1.75 bits per heavy atom. The van der Waals surface area contributed by atoms with Crippen LogP contribution in [-0.4, -0.2) is 56.4 Å². The van der Waals surface area contributed by atoms with Gasteiger partial charge in [0.1, 0.15) is 10.6 Å². The summed E-state index contributed by atoms with van der Waals surface area (Å²) in [5, 5.41) is 27.7. The maximum Gasteiger partial charge on any atom is 0.182 e. The summed E-state index contributed by atoms with van der Waals surface area (Å²) in [6.07, 6.45) is 0. The lowest BCUT2D eigenvalue weighted by Crippen LogP contribution is -2.40. The van der Waals surface area contributed by atoms with Gasteiger partial charge >= 0.3 is 0 Å². The van der Waals surface area contributed by atoms with Crippen LogP contribution in [0.5, 0.6) is 5.75 Å². The zero-order valence-corrected chi connectivity index (χ0v) is 11.9. The number of nitrogens with two attached hydrogens (primary N) is 1. The number of sulfone groups is 1. The molecule has 0 atom stereocenters. The monoisotopic (exact) mass is 305 g/mol. The third kappa shape index (κ3) is 3.40. The highest BCUT2D eigenvalue weighted by molar-refractivity contribution is 7.91. The van der Waals surface area contributed by atoms with Crippen molar-refractivity contribution in [3.8, 4) is 5.75 Å². The fourth-order valence-corrected chi connectivity index (χ4v) is 3.67. The molecule has 0 saturated carbocycles. The minimum Gasteiger partial charge on any atom is -0.495 e. The Kier molecular flexibility index (Phi) is 5.35. The van der Waals surface area contributed by atoms with E-state index in [4.69, 9.17) is 10.5 Å². The fraction of sp³-hybridized carbons (Fsp3) is 0.500. The molecule has 0 bridgehead atoms. The average molecular weight is 305 g/mol. The summed E-state index contributed by atoms with van der Waals surface area (Å²) in [5.74, 6) is -0.531. The molecule has 114 valence electrons. The number of hydrogen-bond donors (Lipinski definition) is 4. The molecule has 0 radical (unpaired) electrons. The van der Waals surface area contributed by atoms with Gasteiger partial charge in [0.25, 0.3) is 0 Å². The molecule has 1 aromatic rings. The predicted octanol–water partition coefficient (Wildman–Crippen LogP) is -0.986. The molecular weight excluding hydrogens is 286 g/mol. The van der Waals surface area contributed by atoms with Gasteiger partial charge in [-0.3, -0.25) is 0 Å². The number of rotatable bonds is 7. The van der Waals surface area contributed by atoms with Crippen molar-refractivity contribution in [2.45, 2.75) is 4.90 Å². The molecule has 1 rings (SSSR count). The minimum atomic E-state index is -3.87. The Morgan fingerprint density at radius 1 is 1.20 bits per heavy atom. The van der Waals surface area contributed by atoms with Gasteiger partial charge in [-0.15, -0.1) is 0 Å². The number of aliphatic hydroxyl groups is 3. The first kappa shape index (κ1) is 16.7. The molecule has 0 aromatic heterocycles. The fourth-order valence-electron chi connectivity index (χ4n) is 1.71. The number of ether oxygens (including phenoxy) is 1. The van der Waals surface area contributed by atoms with E-state index in [2.05, 4.69) is 0 Å². The number of benzene rings is 1. The molecule has 0 aliphatic heterocycles. The second kappa shape index (κ2) is 6.40. The van der Waals surface area contributed by atoms with Gasteiger partial charge in [0.2, 0.25) is 0 Å². The molecule has 0 spiro atoms. The highest BCUT2D eigenvalue weighted by atomic mass is 32.2. The van der Waals surface area contributed by atoms with Gasteiger partial charge in [-0.1, -0.05) is 0 Å². The van der Waals surface area contributed by atoms with Crippen LogP contribution in [0.4, 0.5) is 5.69 Å². The van der Waals surface area contributed by atoms with Crippen molar-refractivity contribution in [1.82, 2.24) is 0 Å². The highest BCUT2D eigenvalue weighted by Gasteiger charge is 2.36. The topological polar surface area (TPSA) is 130 Å². The first-order chi connectivity index (χ1) is 9.34. The second-order valence-electron chi connectivity index (χ2n) is 4.64. The largest absolute Gasteiger partial charge is 0.495 e. The van der Waals surface area contributed by atoms with Crippen LogP contribution in [0.25, 0.3) is 0 Å². The summed E-state index contributed by atoms with van der Waals surface area (Å²) in [6.45, 7) is -1.97. The standard InChI is InChI=1S/C12H19NO6S/c1-19-10-4-9(13)2-3-11(10)20(17,18)8-12(5-14,6-15)7-16/h2-4,14-16H,5-8,13H2,1H3. The molecule has 7 nitrogen and oxygen atoms in total. The third-order valence-corrected chi connectivity index (χ3v) is 5.02. The van der Waals surface area contributed by atoms with Crippen LogP contribution in [0.3, 0.4) is 0 Å². The van der Waals surface area contributed by atoms with Crippen molar-refractivity contribution in [2.75, 3.05) is 38.4 Å². The Labute approximate surface area is 117 Å². The summed E-state index contributed by atoms with van der Waals surface area (Å²) >= 11 is 0. The molecule has 0 unspecified atom stereocenters. The minimum absolute atomic E-state index is 0.0766. The highest BCUT2D eigenvalue weighted by Crippen LogP contribution is 2.30. The Hall–Kier alpha value is -1.35. The van der Waals surface area contributed by atoms with Crippen LogP contribution in [0.2, 0.25) is 0 Å². The molecule has 0 amide bonds. The molecule has 0 aliphatic carbocycles. The van der Waals surface area contributed by atoms with Gasteiger partial charge in [-0.2, -0.15) is 0 Å². The second-order valence-corrected chi connectivity index (χ2v) is 6.60. The van der Waals surface area contributed by atoms with E-state index >= 15 is 0 Å². The van der Waals surface area contributed by atoms with E-state index in [9.17, 15) is 23.7 Å². The molecule has 0 heterocycles. The van der Waals surface area contributed by atoms with Crippen molar-refractivity contribution in [3.05, 3.63) is 18.2 Å². The molecule has 0 fully saturated rings. The number of hydrogen-bond acceptors (Lipinski definition) is 7. The van der Waals surface area contributed by atoms with Crippen LogP contribution >= 0.6 is 0 Å². The normalized spacial score (nSPS) is 12.4. The van der Waals surface area contributed by atoms with Crippen LogP contribution < -0.4 is 10.5 Å². The molecule has 1 aromatic carbocycles. The maximum atomic E-state index is 12.4. The van der Waals surface area contributed by atoms with Crippen molar-refractivity contribution in [2.24, 2.45) is 5.41 Å². The Balaban J connectivity index is 3.24. The van der Waals surface area contributed by atoms with Crippen molar-refractivity contribution in [1.29, 1.82) is 0 Å². The van der Waals surface area contributed by atoms with Gasteiger partial charge in [-0.25, -0.2) is 8.42 Å². The van der Waals surface area contributed by atoms with Crippen LogP contribution in [0.15, 0.2) is 23.1 Å². The quantitative estimate of drug-likeness (QED) is 0.476. The lowest BCUT2D eigenvalue weighted by atomic mass is 9.94. The zero-order chi connectivity index (χ0) is 15.4. The van der Waals surface area contributed by atoms with Crippen LogP contribution in [-0.2, 0) is 9.84 Å². The summed E-state index contributed by atoms with van der Waals surface area (Å²) in [6, 6.07) is 4.07. The molecule has 0 saturated heterocycles. The number of anilines is 1. The van der Waals surface area contributed by atoms with Crippen molar-refractivity contribution < 1.29 is 28.5 Å². The van der Waals surface area contributed by atoms with E-state index in [-0.39, 0.29) is 10.6 Å². The number of aliphatic hydroxyl groups excluding tert-OH is 3. The van der Waals surface area contributed by atoms with Gasteiger partial charge in [-0.05, 0) is 12.1 Å². The van der Waals surface area contributed by atoms with Gasteiger partial charge in [0.05, 0.1) is 38.1 Å². The van der Waals surface area contributed by atoms with E-state index in [0.717, 1.165) is 0 Å². The van der Waals surface area contributed by atoms with Gasteiger partial charge < -0.3 is 25.8 Å². The average Bonchev–Trinajstić information content (AvgIpc) is 2.44. The first-order valence-corrected chi connectivity index (χ1v) is 7.48. The molecule has 20 heavy (non-hydrogen) atoms. The summed E-state index contributed by atoms with van der Waals surface area (Å²) < 4.78 is 29.7. The molecule has 0 aliphatic rings. The van der Waals surface area contributed by atoms with E-state index in [0.29, 0.717) is 5.69 Å². The van der Waals surface area contributed by atoms with Gasteiger partial charge in [0, 0.05) is 11.8 Å². The number of methoxy groups -OCH3 is 1. The van der Waals surface area contributed by atoms with E-state index in [1.54, 1.807) is 0 Å². The Morgan fingerprint density at radius 3 is 2.20 bits per heavy atom. The van der Waals surface area contributed by atoms with Gasteiger partial charge in [0.15, 0.2) is 9.84 Å². The third-order valence-electron chi connectivity index (χ3n) is 3.03. The van der Waals surface area contributed by atoms with E-state index < -0.39 is 40.8 Å². The number of nitrogen functional groups attached to an aromatic ring is 1. The maximum absolute atomic E-state index is 12.4. The lowest BCUT2D eigenvalue weighted by molar-refractivity contribution is 0.0224. The molecule has 5 N–H and O–H groups in total. The SMILES string of the molecule is COc1cc(N)ccc1S(=O)(=O)CC(CO)(CO)CO. The lowest BCUT2D eigenvalue weighted by Gasteiger charge is -2.27. The van der Waals surface area contributed by atoms with Crippen LogP contribution in [0, 0.1) is 5.41 Å². The van der Waals surface area contributed by atoms with Crippen molar-refractivity contribution >= 4 is 15.5 Å². The first-order valence-electron chi connectivity index (χ1n) is 5.83. The molecular formula is C12H19NO6S. The smallest absolute Gasteiger partial charge is 0.182 e. The van der Waals surface area contributed by atoms with Crippen LogP contribution in [0.1, 0.15) is 0 Å². The van der Waals surface area contributed by atoms with E-state index in [1.165, 1.54) is 25.3 Å². The van der Waals surface area contributed by atoms with E-state index in [1.807, 2.05) is 0 Å². The zero-order valence-electron chi connectivity index (χ0n) is 11.1. The summed E-state index contributed by atoms with van der Waals surface area (Å²) in [7, 11) is -2.56.